The van der Waals surface area contributed by atoms with Gasteiger partial charge in [0.15, 0.2) is 5.13 Å². The number of hydrogen-bond donors (Lipinski definition) is 3. The van der Waals surface area contributed by atoms with E-state index in [1.807, 2.05) is 36.1 Å². The average Bonchev–Trinajstić information content (AvgIpc) is 2.92. The van der Waals surface area contributed by atoms with Crippen molar-refractivity contribution in [2.75, 3.05) is 35.6 Å². The summed E-state index contributed by atoms with van der Waals surface area (Å²) >= 11 is 1.23. The molecule has 1 amide bonds. The summed E-state index contributed by atoms with van der Waals surface area (Å²) in [5.74, 6) is -0.279. The molecule has 1 heterocycles. The van der Waals surface area contributed by atoms with Gasteiger partial charge in [-0.3, -0.25) is 4.79 Å². The number of amides is 1. The maximum Gasteiger partial charge on any atom is 0.275 e. The quantitative estimate of drug-likeness (QED) is 0.757. The molecule has 0 aliphatic rings. The maximum absolute atomic E-state index is 11.9. The number of nitrogen functional groups attached to an aromatic ring is 1. The number of anilines is 3. The van der Waals surface area contributed by atoms with E-state index in [9.17, 15) is 4.79 Å². The molecule has 0 saturated carbocycles. The van der Waals surface area contributed by atoms with Crippen LogP contribution in [0.1, 0.15) is 17.4 Å². The summed E-state index contributed by atoms with van der Waals surface area (Å²) in [5, 5.41) is 13.8. The molecule has 21 heavy (non-hydrogen) atoms. The molecular formula is C14H18N4O2S. The van der Waals surface area contributed by atoms with E-state index in [1.165, 1.54) is 11.3 Å². The zero-order valence-electron chi connectivity index (χ0n) is 11.7. The van der Waals surface area contributed by atoms with E-state index in [1.54, 1.807) is 5.38 Å². The number of carbonyl (C=O) groups excluding carboxylic acids is 1. The molecule has 6 nitrogen and oxygen atoms in total. The highest BCUT2D eigenvalue weighted by molar-refractivity contribution is 7.13. The molecule has 2 rings (SSSR count). The van der Waals surface area contributed by atoms with Crippen LogP contribution in [0.2, 0.25) is 0 Å². The summed E-state index contributed by atoms with van der Waals surface area (Å²) in [6.45, 7) is 3.53. The van der Waals surface area contributed by atoms with Crippen LogP contribution in [-0.4, -0.2) is 35.7 Å². The molecule has 1 aromatic heterocycles. The van der Waals surface area contributed by atoms with Crippen molar-refractivity contribution in [1.29, 1.82) is 0 Å². The number of thiazole rings is 1. The maximum atomic E-state index is 11.9. The van der Waals surface area contributed by atoms with Gasteiger partial charge in [0, 0.05) is 29.8 Å². The highest BCUT2D eigenvalue weighted by Gasteiger charge is 2.10. The van der Waals surface area contributed by atoms with Gasteiger partial charge >= 0.3 is 0 Å². The smallest absolute Gasteiger partial charge is 0.275 e. The normalized spacial score (nSPS) is 10.4. The minimum atomic E-state index is -0.279. The fraction of sp³-hybridized carbons (Fsp3) is 0.286. The molecular weight excluding hydrogens is 288 g/mol. The number of nitrogens with two attached hydrogens (primary N) is 1. The zero-order valence-corrected chi connectivity index (χ0v) is 12.6. The lowest BCUT2D eigenvalue weighted by Crippen LogP contribution is -2.26. The van der Waals surface area contributed by atoms with Crippen molar-refractivity contribution in [3.63, 3.8) is 0 Å². The third-order valence-electron chi connectivity index (χ3n) is 3.00. The van der Waals surface area contributed by atoms with Crippen LogP contribution in [0.25, 0.3) is 0 Å². The molecule has 0 aliphatic heterocycles. The molecule has 0 spiro atoms. The molecule has 0 saturated heterocycles. The lowest BCUT2D eigenvalue weighted by Gasteiger charge is -2.22. The van der Waals surface area contributed by atoms with Gasteiger partial charge < -0.3 is 21.1 Å². The van der Waals surface area contributed by atoms with E-state index in [0.717, 1.165) is 12.2 Å². The predicted octanol–water partition coefficient (Wildman–Crippen LogP) is 1.80. The van der Waals surface area contributed by atoms with Crippen LogP contribution in [-0.2, 0) is 0 Å². The SMILES string of the molecule is CCN(CCO)c1ccc(NC(=O)c2csc(N)n2)cc1. The van der Waals surface area contributed by atoms with Crippen molar-refractivity contribution in [3.05, 3.63) is 35.3 Å². The third kappa shape index (κ3) is 3.93. The third-order valence-corrected chi connectivity index (χ3v) is 3.67. The van der Waals surface area contributed by atoms with E-state index in [2.05, 4.69) is 10.3 Å². The molecule has 7 heteroatoms. The van der Waals surface area contributed by atoms with Crippen LogP contribution in [0, 0.1) is 0 Å². The summed E-state index contributed by atoms with van der Waals surface area (Å²) in [5.41, 5.74) is 7.52. The summed E-state index contributed by atoms with van der Waals surface area (Å²) in [7, 11) is 0. The number of rotatable bonds is 6. The van der Waals surface area contributed by atoms with Crippen LogP contribution in [0.5, 0.6) is 0 Å². The van der Waals surface area contributed by atoms with Crippen LogP contribution >= 0.6 is 11.3 Å². The van der Waals surface area contributed by atoms with Crippen molar-refractivity contribution >= 4 is 33.8 Å². The fourth-order valence-electron chi connectivity index (χ4n) is 1.93. The number of aliphatic hydroxyl groups is 1. The molecule has 0 aliphatic carbocycles. The standard InChI is InChI=1S/C14H18N4O2S/c1-2-18(7-8-19)11-5-3-10(4-6-11)16-13(20)12-9-21-14(15)17-12/h3-6,9,19H,2,7-8H2,1H3,(H2,15,17)(H,16,20). The number of nitrogens with zero attached hydrogens (tertiary/aromatic N) is 2. The Morgan fingerprint density at radius 2 is 2.14 bits per heavy atom. The minimum absolute atomic E-state index is 0.109. The molecule has 0 unspecified atom stereocenters. The number of benzene rings is 1. The topological polar surface area (TPSA) is 91.5 Å². The van der Waals surface area contributed by atoms with Crippen molar-refractivity contribution in [2.45, 2.75) is 6.92 Å². The van der Waals surface area contributed by atoms with E-state index in [-0.39, 0.29) is 12.5 Å². The van der Waals surface area contributed by atoms with Gasteiger partial charge in [0.1, 0.15) is 5.69 Å². The van der Waals surface area contributed by atoms with Gasteiger partial charge in [-0.2, -0.15) is 0 Å². The molecule has 112 valence electrons. The van der Waals surface area contributed by atoms with Crippen LogP contribution in [0.15, 0.2) is 29.6 Å². The highest BCUT2D eigenvalue weighted by atomic mass is 32.1. The Balaban J connectivity index is 2.03. The molecule has 2 aromatic rings. The highest BCUT2D eigenvalue weighted by Crippen LogP contribution is 2.19. The second-order valence-electron chi connectivity index (χ2n) is 4.38. The molecule has 1 aromatic carbocycles. The van der Waals surface area contributed by atoms with Crippen molar-refractivity contribution in [2.24, 2.45) is 0 Å². The van der Waals surface area contributed by atoms with Gasteiger partial charge in [0.2, 0.25) is 0 Å². The Morgan fingerprint density at radius 1 is 1.43 bits per heavy atom. The van der Waals surface area contributed by atoms with Crippen molar-refractivity contribution in [1.82, 2.24) is 4.98 Å². The number of aliphatic hydroxyl groups excluding tert-OH is 1. The van der Waals surface area contributed by atoms with Gasteiger partial charge in [-0.05, 0) is 31.2 Å². The van der Waals surface area contributed by atoms with Crippen molar-refractivity contribution in [3.8, 4) is 0 Å². The predicted molar refractivity (Wildman–Crippen MR) is 85.9 cm³/mol. The Labute approximate surface area is 127 Å². The Morgan fingerprint density at radius 3 is 2.67 bits per heavy atom. The van der Waals surface area contributed by atoms with Crippen molar-refractivity contribution < 1.29 is 9.90 Å². The number of likely N-dealkylation sites (N-methyl/N-ethyl adjacent to an activating group) is 1. The van der Waals surface area contributed by atoms with E-state index < -0.39 is 0 Å². The summed E-state index contributed by atoms with van der Waals surface area (Å²) in [6.07, 6.45) is 0. The van der Waals surface area contributed by atoms with Gasteiger partial charge in [0.25, 0.3) is 5.91 Å². The fourth-order valence-corrected chi connectivity index (χ4v) is 2.48. The lowest BCUT2D eigenvalue weighted by atomic mass is 10.2. The van der Waals surface area contributed by atoms with Crippen LogP contribution < -0.4 is 16.0 Å². The zero-order chi connectivity index (χ0) is 15.2. The molecule has 4 N–H and O–H groups in total. The first kappa shape index (κ1) is 15.3. The second kappa shape index (κ2) is 7.05. The number of nitrogens with one attached hydrogen (secondary N) is 1. The van der Waals surface area contributed by atoms with Crippen LogP contribution in [0.3, 0.4) is 0 Å². The van der Waals surface area contributed by atoms with E-state index in [4.69, 9.17) is 10.8 Å². The van der Waals surface area contributed by atoms with Gasteiger partial charge in [-0.1, -0.05) is 0 Å². The molecule has 0 atom stereocenters. The van der Waals surface area contributed by atoms with Gasteiger partial charge in [-0.25, -0.2) is 4.98 Å². The first-order valence-electron chi connectivity index (χ1n) is 6.62. The first-order chi connectivity index (χ1) is 10.1. The monoisotopic (exact) mass is 306 g/mol. The van der Waals surface area contributed by atoms with Gasteiger partial charge in [0.05, 0.1) is 6.61 Å². The second-order valence-corrected chi connectivity index (χ2v) is 5.26. The van der Waals surface area contributed by atoms with Gasteiger partial charge in [-0.15, -0.1) is 11.3 Å². The Bertz CT molecular complexity index is 597. The van der Waals surface area contributed by atoms with Crippen LogP contribution in [0.4, 0.5) is 16.5 Å². The Kier molecular flexibility index (Phi) is 5.13. The largest absolute Gasteiger partial charge is 0.395 e. The van der Waals surface area contributed by atoms with E-state index >= 15 is 0 Å². The minimum Gasteiger partial charge on any atom is -0.395 e. The lowest BCUT2D eigenvalue weighted by molar-refractivity contribution is 0.102. The molecule has 0 radical (unpaired) electrons. The number of aromatic nitrogens is 1. The summed E-state index contributed by atoms with van der Waals surface area (Å²) in [6, 6.07) is 7.46. The first-order valence-corrected chi connectivity index (χ1v) is 7.50. The van der Waals surface area contributed by atoms with E-state index in [0.29, 0.717) is 23.1 Å². The number of carbonyl (C=O) groups is 1. The Hall–Kier alpha value is -2.12. The summed E-state index contributed by atoms with van der Waals surface area (Å²) in [4.78, 5) is 17.9. The molecule has 0 fully saturated rings. The average molecular weight is 306 g/mol. The molecule has 0 bridgehead atoms. The summed E-state index contributed by atoms with van der Waals surface area (Å²) < 4.78 is 0. The number of hydrogen-bond acceptors (Lipinski definition) is 6.